The molecule has 1 unspecified atom stereocenters. The van der Waals surface area contributed by atoms with Gasteiger partial charge in [-0.3, -0.25) is 4.79 Å². The van der Waals surface area contributed by atoms with Crippen molar-refractivity contribution in [3.63, 3.8) is 0 Å². The number of nitrogens with two attached hydrogens (primary N) is 2. The van der Waals surface area contributed by atoms with Gasteiger partial charge in [0.2, 0.25) is 0 Å². The highest BCUT2D eigenvalue weighted by molar-refractivity contribution is 5.73. The van der Waals surface area contributed by atoms with Gasteiger partial charge in [0.1, 0.15) is 6.04 Å². The average Bonchev–Trinajstić information content (AvgIpc) is 1.84. The fourth-order valence-corrected chi connectivity index (χ4v) is 0.0962. The SMILES string of the molecule is [2H]OC(=O)C(N)CN. The Kier molecular flexibility index (Phi) is 1.65. The molecule has 0 aliphatic carbocycles. The van der Waals surface area contributed by atoms with Crippen LogP contribution in [-0.2, 0) is 4.79 Å². The molecular weight excluding hydrogens is 96.0 g/mol. The lowest BCUT2D eigenvalue weighted by Crippen LogP contribution is -2.37. The van der Waals surface area contributed by atoms with Gasteiger partial charge < -0.3 is 16.6 Å². The van der Waals surface area contributed by atoms with Crippen LogP contribution in [0.4, 0.5) is 0 Å². The smallest absolute Gasteiger partial charge is 0.321 e. The van der Waals surface area contributed by atoms with Crippen LogP contribution in [0.5, 0.6) is 0 Å². The molecular formula is C3H8N2O2. The van der Waals surface area contributed by atoms with Crippen molar-refractivity contribution in [3.8, 4) is 0 Å². The summed E-state index contributed by atoms with van der Waals surface area (Å²) in [6.07, 6.45) is 0. The highest BCUT2D eigenvalue weighted by atomic mass is 16.4. The van der Waals surface area contributed by atoms with Crippen molar-refractivity contribution in [2.45, 2.75) is 6.04 Å². The lowest BCUT2D eigenvalue weighted by molar-refractivity contribution is -0.138. The quantitative estimate of drug-likeness (QED) is 0.393. The topological polar surface area (TPSA) is 89.3 Å². The molecule has 0 heterocycles. The van der Waals surface area contributed by atoms with E-state index in [-0.39, 0.29) is 6.54 Å². The Balaban J connectivity index is 3.46. The van der Waals surface area contributed by atoms with Gasteiger partial charge in [0.15, 0.2) is 0 Å². The van der Waals surface area contributed by atoms with Gasteiger partial charge in [-0.05, 0) is 0 Å². The predicted octanol–water partition coefficient (Wildman–Crippen LogP) is -1.64. The second-order valence-electron chi connectivity index (χ2n) is 1.16. The number of aliphatic carboxylic acids is 1. The van der Waals surface area contributed by atoms with E-state index in [1.807, 2.05) is 0 Å². The molecule has 0 aromatic heterocycles. The Morgan fingerprint density at radius 1 is 2.14 bits per heavy atom. The molecule has 0 spiro atoms. The van der Waals surface area contributed by atoms with E-state index in [4.69, 9.17) is 12.9 Å². The van der Waals surface area contributed by atoms with Gasteiger partial charge in [0.25, 0.3) is 1.43 Å². The van der Waals surface area contributed by atoms with Gasteiger partial charge in [0.05, 0.1) is 0 Å². The maximum Gasteiger partial charge on any atom is 0.321 e. The standard InChI is InChI=1S/C3H8N2O2/c4-1-2(5)3(6)7/h2H,1,4-5H2,(H,6,7)/i/hD. The molecule has 0 aromatic carbocycles. The van der Waals surface area contributed by atoms with Crippen molar-refractivity contribution in [1.29, 1.82) is 1.43 Å². The first-order valence-corrected chi connectivity index (χ1v) is 1.85. The van der Waals surface area contributed by atoms with Crippen molar-refractivity contribution < 1.29 is 9.90 Å². The van der Waals surface area contributed by atoms with Gasteiger partial charge in [-0.1, -0.05) is 0 Å². The van der Waals surface area contributed by atoms with Crippen LogP contribution in [0.25, 0.3) is 1.43 Å². The minimum Gasteiger partial charge on any atom is -0.480 e. The number of hydrogen-bond acceptors (Lipinski definition) is 4. The minimum atomic E-state index is -0.854. The molecule has 0 rings (SSSR count). The summed E-state index contributed by atoms with van der Waals surface area (Å²) in [7, 11) is 0. The highest BCUT2D eigenvalue weighted by Crippen LogP contribution is 1.68. The molecule has 0 saturated carbocycles. The molecule has 0 aliphatic rings. The van der Waals surface area contributed by atoms with Crippen LogP contribution in [-0.4, -0.2) is 23.7 Å². The maximum absolute atomic E-state index is 10.1. The second kappa shape index (κ2) is 2.54. The molecule has 4 nitrogen and oxygen atoms in total. The van der Waals surface area contributed by atoms with Crippen molar-refractivity contribution in [2.24, 2.45) is 11.5 Å². The Bertz CT molecular complexity index is 87.4. The first-order valence-electron chi connectivity index (χ1n) is 2.26. The highest BCUT2D eigenvalue weighted by Gasteiger charge is 2.05. The van der Waals surface area contributed by atoms with E-state index in [1.54, 1.807) is 0 Å². The number of carbonyl (C=O) groups is 1. The third-order valence-electron chi connectivity index (χ3n) is 0.557. The molecule has 0 radical (unpaired) electrons. The summed E-state index contributed by atoms with van der Waals surface area (Å²) in [5.41, 5.74) is 9.95. The van der Waals surface area contributed by atoms with E-state index in [0.717, 1.165) is 0 Å². The van der Waals surface area contributed by atoms with Crippen LogP contribution in [0.3, 0.4) is 0 Å². The molecule has 42 valence electrons. The molecule has 7 heavy (non-hydrogen) atoms. The summed E-state index contributed by atoms with van der Waals surface area (Å²) in [6, 6.07) is -0.854. The van der Waals surface area contributed by atoms with Crippen molar-refractivity contribution in [3.05, 3.63) is 0 Å². The van der Waals surface area contributed by atoms with Gasteiger partial charge >= 0.3 is 5.97 Å². The monoisotopic (exact) mass is 105 g/mol. The van der Waals surface area contributed by atoms with Gasteiger partial charge in [-0.25, -0.2) is 0 Å². The van der Waals surface area contributed by atoms with E-state index in [1.165, 1.54) is 0 Å². The summed E-state index contributed by atoms with van der Waals surface area (Å²) in [5, 5.41) is 3.51. The van der Waals surface area contributed by atoms with Crippen LogP contribution < -0.4 is 11.5 Å². The minimum absolute atomic E-state index is 0.0116. The molecule has 0 fully saturated rings. The van der Waals surface area contributed by atoms with Crippen LogP contribution in [0, 0.1) is 0 Å². The van der Waals surface area contributed by atoms with Crippen LogP contribution in [0.2, 0.25) is 0 Å². The Hall–Kier alpha value is -0.610. The fraction of sp³-hybridized carbons (Fsp3) is 0.667. The second-order valence-corrected chi connectivity index (χ2v) is 1.16. The predicted molar refractivity (Wildman–Crippen MR) is 24.7 cm³/mol. The van der Waals surface area contributed by atoms with E-state index in [2.05, 4.69) is 5.11 Å². The molecule has 5 N–H and O–H groups in total. The van der Waals surface area contributed by atoms with Crippen molar-refractivity contribution in [2.75, 3.05) is 6.54 Å². The zero-order chi connectivity index (χ0) is 6.57. The first kappa shape index (κ1) is 4.55. The van der Waals surface area contributed by atoms with E-state index >= 15 is 0 Å². The molecule has 4 heteroatoms. The summed E-state index contributed by atoms with van der Waals surface area (Å²) < 4.78 is 6.06. The lowest BCUT2D eigenvalue weighted by Gasteiger charge is -1.97. The van der Waals surface area contributed by atoms with E-state index in [9.17, 15) is 4.79 Å². The number of carboxylic acid groups (broad SMARTS) is 1. The Labute approximate surface area is 42.6 Å². The molecule has 0 aliphatic heterocycles. The van der Waals surface area contributed by atoms with Gasteiger partial charge in [-0.15, -0.1) is 0 Å². The number of rotatable bonds is 2. The van der Waals surface area contributed by atoms with Crippen LogP contribution in [0.15, 0.2) is 0 Å². The summed E-state index contributed by atoms with van der Waals surface area (Å²) in [4.78, 5) is 10.1. The molecule has 0 aromatic rings. The summed E-state index contributed by atoms with van der Waals surface area (Å²) in [5.74, 6) is -0.799. The third kappa shape index (κ3) is 2.13. The summed E-state index contributed by atoms with van der Waals surface area (Å²) in [6.45, 7) is 0.0116. The maximum atomic E-state index is 10.1. The first-order chi connectivity index (χ1) is 3.72. The van der Waals surface area contributed by atoms with Gasteiger partial charge in [-0.2, -0.15) is 0 Å². The van der Waals surface area contributed by atoms with Crippen molar-refractivity contribution in [1.82, 2.24) is 0 Å². The Morgan fingerprint density at radius 3 is 2.86 bits per heavy atom. The molecule has 0 bridgehead atoms. The molecule has 0 saturated heterocycles. The van der Waals surface area contributed by atoms with Crippen LogP contribution >= 0.6 is 0 Å². The third-order valence-corrected chi connectivity index (χ3v) is 0.557. The average molecular weight is 105 g/mol. The van der Waals surface area contributed by atoms with Crippen molar-refractivity contribution >= 4 is 5.97 Å². The number of hydrogen-bond donors (Lipinski definition) is 3. The number of carboxylic acids is 1. The van der Waals surface area contributed by atoms with E-state index in [0.29, 0.717) is 0 Å². The largest absolute Gasteiger partial charge is 0.480 e. The molecule has 1 atom stereocenters. The lowest BCUT2D eigenvalue weighted by atomic mass is 10.3. The normalized spacial score (nSPS) is 14.9. The fourth-order valence-electron chi connectivity index (χ4n) is 0.0962. The molecule has 0 amide bonds. The van der Waals surface area contributed by atoms with Gasteiger partial charge in [0, 0.05) is 6.54 Å². The zero-order valence-corrected chi connectivity index (χ0v) is 3.76. The zero-order valence-electron chi connectivity index (χ0n) is 4.76. The summed E-state index contributed by atoms with van der Waals surface area (Å²) >= 11 is 0. The van der Waals surface area contributed by atoms with E-state index < -0.39 is 12.0 Å². The van der Waals surface area contributed by atoms with Crippen LogP contribution in [0.1, 0.15) is 0 Å². The Morgan fingerprint density at radius 2 is 2.71 bits per heavy atom.